The minimum absolute atomic E-state index is 0.0263. The third-order valence-corrected chi connectivity index (χ3v) is 3.18. The summed E-state index contributed by atoms with van der Waals surface area (Å²) in [6.45, 7) is 0. The van der Waals surface area contributed by atoms with Crippen LogP contribution in [0.25, 0.3) is 0 Å². The SMILES string of the molecule is CNC(=O)c1ccc2c(c1)NC(=O)CS2. The van der Waals surface area contributed by atoms with Gasteiger partial charge in [0.15, 0.2) is 0 Å². The number of benzene rings is 1. The van der Waals surface area contributed by atoms with E-state index in [0.717, 1.165) is 10.6 Å². The third-order valence-electron chi connectivity index (χ3n) is 2.10. The van der Waals surface area contributed by atoms with Gasteiger partial charge in [-0.1, -0.05) is 0 Å². The molecule has 1 aliphatic rings. The molecule has 0 radical (unpaired) electrons. The van der Waals surface area contributed by atoms with Crippen LogP contribution in [0.1, 0.15) is 10.4 Å². The molecule has 0 saturated carbocycles. The van der Waals surface area contributed by atoms with Crippen molar-refractivity contribution in [3.05, 3.63) is 23.8 Å². The Morgan fingerprint density at radius 3 is 3.07 bits per heavy atom. The molecule has 2 N–H and O–H groups in total. The van der Waals surface area contributed by atoms with Crippen LogP contribution >= 0.6 is 11.8 Å². The molecule has 1 aromatic rings. The number of carbonyl (C=O) groups excluding carboxylic acids is 2. The van der Waals surface area contributed by atoms with Crippen LogP contribution in [-0.4, -0.2) is 24.6 Å². The summed E-state index contributed by atoms with van der Waals surface area (Å²) in [4.78, 5) is 23.5. The number of hydrogen-bond acceptors (Lipinski definition) is 3. The molecule has 0 bridgehead atoms. The summed E-state index contributed by atoms with van der Waals surface area (Å²) in [5.74, 6) is 0.260. The van der Waals surface area contributed by atoms with Crippen molar-refractivity contribution in [2.24, 2.45) is 0 Å². The van der Waals surface area contributed by atoms with Crippen molar-refractivity contribution in [1.82, 2.24) is 5.32 Å². The van der Waals surface area contributed by atoms with Crippen LogP contribution in [0.2, 0.25) is 0 Å². The van der Waals surface area contributed by atoms with E-state index in [1.165, 1.54) is 11.8 Å². The van der Waals surface area contributed by atoms with Crippen molar-refractivity contribution in [3.63, 3.8) is 0 Å². The predicted octanol–water partition coefficient (Wildman–Crippen LogP) is 1.09. The van der Waals surface area contributed by atoms with Crippen LogP contribution in [0.3, 0.4) is 0 Å². The highest BCUT2D eigenvalue weighted by Gasteiger charge is 2.16. The molecule has 4 nitrogen and oxygen atoms in total. The van der Waals surface area contributed by atoms with Gasteiger partial charge in [0.1, 0.15) is 0 Å². The maximum atomic E-state index is 11.4. The lowest BCUT2D eigenvalue weighted by atomic mass is 10.2. The average molecular weight is 222 g/mol. The Balaban J connectivity index is 2.36. The Labute approximate surface area is 91.4 Å². The molecule has 0 unspecified atom stereocenters. The Bertz CT molecular complexity index is 431. The summed E-state index contributed by atoms with van der Waals surface area (Å²) in [6.07, 6.45) is 0. The molecule has 2 rings (SSSR count). The third kappa shape index (κ3) is 1.97. The standard InChI is InChI=1S/C10H10N2O2S/c1-11-10(14)6-2-3-8-7(4-6)12-9(13)5-15-8/h2-4H,5H2,1H3,(H,11,14)(H,12,13). The summed E-state index contributed by atoms with van der Waals surface area (Å²) in [6, 6.07) is 5.30. The predicted molar refractivity (Wildman–Crippen MR) is 59.2 cm³/mol. The molecule has 15 heavy (non-hydrogen) atoms. The fourth-order valence-corrected chi connectivity index (χ4v) is 2.16. The van der Waals surface area contributed by atoms with Gasteiger partial charge in [-0.05, 0) is 18.2 Å². The second-order valence-electron chi connectivity index (χ2n) is 3.13. The zero-order valence-electron chi connectivity index (χ0n) is 8.16. The molecule has 0 saturated heterocycles. The highest BCUT2D eigenvalue weighted by molar-refractivity contribution is 8.00. The smallest absolute Gasteiger partial charge is 0.251 e. The van der Waals surface area contributed by atoms with E-state index in [2.05, 4.69) is 10.6 Å². The van der Waals surface area contributed by atoms with E-state index >= 15 is 0 Å². The van der Waals surface area contributed by atoms with E-state index in [9.17, 15) is 9.59 Å². The molecule has 0 fully saturated rings. The number of amides is 2. The molecule has 0 spiro atoms. The van der Waals surface area contributed by atoms with Gasteiger partial charge in [0.25, 0.3) is 5.91 Å². The lowest BCUT2D eigenvalue weighted by Gasteiger charge is -2.16. The van der Waals surface area contributed by atoms with Crippen LogP contribution in [-0.2, 0) is 4.79 Å². The molecule has 78 valence electrons. The molecule has 5 heteroatoms. The normalized spacial score (nSPS) is 14.1. The van der Waals surface area contributed by atoms with Gasteiger partial charge in [-0.15, -0.1) is 11.8 Å². The highest BCUT2D eigenvalue weighted by atomic mass is 32.2. The van der Waals surface area contributed by atoms with Gasteiger partial charge in [0.2, 0.25) is 5.91 Å². The Morgan fingerprint density at radius 2 is 2.33 bits per heavy atom. The van der Waals surface area contributed by atoms with Crippen molar-refractivity contribution in [2.75, 3.05) is 18.1 Å². The second kappa shape index (κ2) is 3.94. The van der Waals surface area contributed by atoms with Gasteiger partial charge in [0, 0.05) is 17.5 Å². The van der Waals surface area contributed by atoms with Crippen LogP contribution in [0.15, 0.2) is 23.1 Å². The number of hydrogen-bond donors (Lipinski definition) is 2. The molecular weight excluding hydrogens is 212 g/mol. The first-order valence-electron chi connectivity index (χ1n) is 4.49. The van der Waals surface area contributed by atoms with Crippen molar-refractivity contribution < 1.29 is 9.59 Å². The van der Waals surface area contributed by atoms with Gasteiger partial charge in [-0.2, -0.15) is 0 Å². The van der Waals surface area contributed by atoms with Gasteiger partial charge in [-0.25, -0.2) is 0 Å². The van der Waals surface area contributed by atoms with Gasteiger partial charge in [-0.3, -0.25) is 9.59 Å². The number of anilines is 1. The van der Waals surface area contributed by atoms with E-state index in [0.29, 0.717) is 11.3 Å². The molecule has 0 aliphatic carbocycles. The van der Waals surface area contributed by atoms with E-state index in [-0.39, 0.29) is 11.8 Å². The summed E-state index contributed by atoms with van der Waals surface area (Å²) in [5, 5.41) is 5.28. The molecular formula is C10H10N2O2S. The molecule has 2 amide bonds. The van der Waals surface area contributed by atoms with Crippen molar-refractivity contribution in [3.8, 4) is 0 Å². The van der Waals surface area contributed by atoms with E-state index in [1.54, 1.807) is 19.2 Å². The number of nitrogens with one attached hydrogen (secondary N) is 2. The Morgan fingerprint density at radius 1 is 1.53 bits per heavy atom. The number of rotatable bonds is 1. The minimum Gasteiger partial charge on any atom is -0.355 e. The second-order valence-corrected chi connectivity index (χ2v) is 4.14. The molecule has 1 aliphatic heterocycles. The van der Waals surface area contributed by atoms with E-state index in [4.69, 9.17) is 0 Å². The largest absolute Gasteiger partial charge is 0.355 e. The van der Waals surface area contributed by atoms with Gasteiger partial charge in [0.05, 0.1) is 11.4 Å². The summed E-state index contributed by atoms with van der Waals surface area (Å²) >= 11 is 1.48. The quantitative estimate of drug-likeness (QED) is 0.747. The van der Waals surface area contributed by atoms with Crippen molar-refractivity contribution in [2.45, 2.75) is 4.90 Å². The maximum Gasteiger partial charge on any atom is 0.251 e. The van der Waals surface area contributed by atoms with Crippen LogP contribution in [0, 0.1) is 0 Å². The summed E-state index contributed by atoms with van der Waals surface area (Å²) in [7, 11) is 1.58. The minimum atomic E-state index is -0.150. The fourth-order valence-electron chi connectivity index (χ4n) is 1.37. The zero-order chi connectivity index (χ0) is 10.8. The fraction of sp³-hybridized carbons (Fsp3) is 0.200. The van der Waals surface area contributed by atoms with Crippen molar-refractivity contribution in [1.29, 1.82) is 0 Å². The topological polar surface area (TPSA) is 58.2 Å². The maximum absolute atomic E-state index is 11.4. The highest BCUT2D eigenvalue weighted by Crippen LogP contribution is 2.31. The molecule has 1 aromatic carbocycles. The number of thioether (sulfide) groups is 1. The first-order chi connectivity index (χ1) is 7.20. The lowest BCUT2D eigenvalue weighted by molar-refractivity contribution is -0.113. The van der Waals surface area contributed by atoms with Crippen molar-refractivity contribution >= 4 is 29.3 Å². The first kappa shape index (κ1) is 10.0. The Kier molecular flexibility index (Phi) is 2.64. The summed E-state index contributed by atoms with van der Waals surface area (Å²) < 4.78 is 0. The molecule has 0 atom stereocenters. The molecule has 1 heterocycles. The zero-order valence-corrected chi connectivity index (χ0v) is 8.98. The Hall–Kier alpha value is -1.49. The molecule has 0 aromatic heterocycles. The average Bonchev–Trinajstić information content (AvgIpc) is 2.27. The number of carbonyl (C=O) groups is 2. The monoisotopic (exact) mass is 222 g/mol. The number of fused-ring (bicyclic) bond motifs is 1. The summed E-state index contributed by atoms with van der Waals surface area (Å²) in [5.41, 5.74) is 1.27. The van der Waals surface area contributed by atoms with E-state index < -0.39 is 0 Å². The van der Waals surface area contributed by atoms with Gasteiger partial charge < -0.3 is 10.6 Å². The van der Waals surface area contributed by atoms with Crippen LogP contribution in [0.5, 0.6) is 0 Å². The van der Waals surface area contributed by atoms with E-state index in [1.807, 2.05) is 6.07 Å². The van der Waals surface area contributed by atoms with Gasteiger partial charge >= 0.3 is 0 Å². The lowest BCUT2D eigenvalue weighted by Crippen LogP contribution is -2.21. The first-order valence-corrected chi connectivity index (χ1v) is 5.48. The van der Waals surface area contributed by atoms with Crippen LogP contribution < -0.4 is 10.6 Å². The van der Waals surface area contributed by atoms with Crippen LogP contribution in [0.4, 0.5) is 5.69 Å².